The van der Waals surface area contributed by atoms with E-state index in [0.717, 1.165) is 115 Å². The number of benzene rings is 3. The summed E-state index contributed by atoms with van der Waals surface area (Å²) in [7, 11) is 7.68. The maximum Gasteiger partial charge on any atom is 0.217 e. The van der Waals surface area contributed by atoms with E-state index in [1.54, 1.807) is 28.7 Å². The van der Waals surface area contributed by atoms with Gasteiger partial charge >= 0.3 is 0 Å². The number of rotatable bonds is 23. The molecule has 0 saturated carbocycles. The van der Waals surface area contributed by atoms with E-state index in [-0.39, 0.29) is 0 Å². The second-order valence-electron chi connectivity index (χ2n) is 14.4. The van der Waals surface area contributed by atoms with Crippen molar-refractivity contribution in [3.8, 4) is 5.75 Å². The summed E-state index contributed by atoms with van der Waals surface area (Å²) in [5.41, 5.74) is 17.6. The molecule has 75 heavy (non-hydrogen) atoms. The lowest BCUT2D eigenvalue weighted by molar-refractivity contribution is -0.671. The first-order chi connectivity index (χ1) is 35.9. The van der Waals surface area contributed by atoms with Crippen LogP contribution in [0, 0.1) is 0 Å². The SMILES string of the molecule is COS(=O)(=O)[O-].COS(=O)(=O)[O-].COc1ccc(N=Nc2cc[n+](C)cc2)cc1.C[n+]1ccc(N=Nc2ccc(NCCSSCCNc3ccc(N=Nc4cc[n+](C)cc4)cc3)cc2)cc1.NCCSSCCN. The molecule has 3 aromatic heterocycles. The summed E-state index contributed by atoms with van der Waals surface area (Å²) >= 11 is 0. The smallest absolute Gasteiger partial charge is 0.217 e. The van der Waals surface area contributed by atoms with Gasteiger partial charge in [0.1, 0.15) is 26.9 Å². The van der Waals surface area contributed by atoms with E-state index < -0.39 is 20.8 Å². The van der Waals surface area contributed by atoms with Crippen LogP contribution in [0.2, 0.25) is 0 Å². The molecule has 6 N–H and O–H groups in total. The van der Waals surface area contributed by atoms with E-state index in [1.807, 2.05) is 203 Å². The Balaban J connectivity index is 0.000000423. The van der Waals surface area contributed by atoms with Gasteiger partial charge in [-0.25, -0.2) is 30.5 Å². The second kappa shape index (κ2) is 38.9. The Bertz CT molecular complexity index is 2630. The molecule has 0 spiro atoms. The zero-order valence-electron chi connectivity index (χ0n) is 42.3. The predicted molar refractivity (Wildman–Crippen MR) is 300 cm³/mol. The molecule has 0 fully saturated rings. The Labute approximate surface area is 456 Å². The van der Waals surface area contributed by atoms with Gasteiger partial charge in [0.25, 0.3) is 0 Å². The zero-order chi connectivity index (χ0) is 55.2. The van der Waals surface area contributed by atoms with Gasteiger partial charge in [-0.2, -0.15) is 30.7 Å². The van der Waals surface area contributed by atoms with Gasteiger partial charge in [-0.3, -0.25) is 8.37 Å². The molecule has 0 saturated heterocycles. The first-order valence-electron chi connectivity index (χ1n) is 22.3. The van der Waals surface area contributed by atoms with Gasteiger partial charge < -0.3 is 35.9 Å². The number of methoxy groups -OCH3 is 1. The minimum Gasteiger partial charge on any atom is -0.726 e. The maximum absolute atomic E-state index is 9.22. The second-order valence-corrected chi connectivity index (χ2v) is 22.1. The van der Waals surface area contributed by atoms with E-state index in [0.29, 0.717) is 0 Å². The first-order valence-corrected chi connectivity index (χ1v) is 29.9. The molecule has 0 aliphatic rings. The molecule has 0 bridgehead atoms. The molecule has 406 valence electrons. The number of hydrogen-bond donors (Lipinski definition) is 4. The molecule has 0 unspecified atom stereocenters. The number of pyridine rings is 3. The first kappa shape index (κ1) is 65.5. The molecule has 0 amide bonds. The Morgan fingerprint density at radius 1 is 0.440 bits per heavy atom. The summed E-state index contributed by atoms with van der Waals surface area (Å²) in [5.74, 6) is 4.93. The van der Waals surface area contributed by atoms with Crippen molar-refractivity contribution >= 4 is 109 Å². The summed E-state index contributed by atoms with van der Waals surface area (Å²) in [6.45, 7) is 3.35. The number of aryl methyl sites for hydroxylation is 3. The monoisotopic (exact) mass is 1150 g/mol. The highest BCUT2D eigenvalue weighted by Crippen LogP contribution is 2.24. The van der Waals surface area contributed by atoms with Crippen LogP contribution in [0.4, 0.5) is 45.5 Å². The molecule has 0 radical (unpaired) electrons. The molecule has 0 aliphatic carbocycles. The fourth-order valence-electron chi connectivity index (χ4n) is 4.77. The number of azo groups is 3. The molecule has 0 atom stereocenters. The molecule has 6 rings (SSSR count). The fraction of sp³-hybridized carbons (Fsp3) is 0.298. The van der Waals surface area contributed by atoms with Crippen molar-refractivity contribution in [2.24, 2.45) is 63.3 Å². The Hall–Kier alpha value is -5.63. The summed E-state index contributed by atoms with van der Waals surface area (Å²) in [6, 6.07) is 35.1. The minimum absolute atomic E-state index is 0.766. The number of anilines is 2. The molecule has 3 aromatic carbocycles. The Morgan fingerprint density at radius 3 is 0.920 bits per heavy atom. The molecular weight excluding hydrogens is 1080 g/mol. The van der Waals surface area contributed by atoms with Crippen molar-refractivity contribution in [3.63, 3.8) is 0 Å². The minimum atomic E-state index is -4.41. The standard InChI is InChI=1S/C28H30N8S2.C13H14N3O.C4H12N2S2.2CH4O4S/c1-35-17-11-27(12-18-35)33-31-25-7-3-23(4-8-25)29-15-21-37-38-22-16-30-24-5-9-26(10-6-24)32-34-28-13-19-36(2)20-14-28;1-16-9-7-12(8-10-16)15-14-11-3-5-13(17-2)6-4-11;5-1-3-7-8-4-2-6;2*1-5-6(2,3)4/h3-14,17-20H,15-16,21-22H2,1-2H3;3-10H,1-2H3;1-6H2;2*1H3,(H,2,3,4)/q;+1;;;. The summed E-state index contributed by atoms with van der Waals surface area (Å²) < 4.78 is 73.0. The summed E-state index contributed by atoms with van der Waals surface area (Å²) in [5, 5.41) is 32.3. The van der Waals surface area contributed by atoms with Gasteiger partial charge in [0, 0.05) is 97.0 Å². The van der Waals surface area contributed by atoms with E-state index >= 15 is 0 Å². The van der Waals surface area contributed by atoms with Crippen LogP contribution < -0.4 is 40.5 Å². The third-order valence-corrected chi connectivity index (χ3v) is 14.2. The molecule has 22 nitrogen and oxygen atoms in total. The van der Waals surface area contributed by atoms with E-state index in [9.17, 15) is 25.9 Å². The van der Waals surface area contributed by atoms with Crippen molar-refractivity contribution in [1.82, 2.24) is 0 Å². The molecule has 6 aromatic rings. The average molecular weight is 1150 g/mol. The van der Waals surface area contributed by atoms with Crippen molar-refractivity contribution in [2.75, 3.05) is 81.2 Å². The van der Waals surface area contributed by atoms with Crippen molar-refractivity contribution in [2.45, 2.75) is 0 Å². The van der Waals surface area contributed by atoms with Crippen molar-refractivity contribution < 1.29 is 52.7 Å². The fourth-order valence-corrected chi connectivity index (χ4v) is 8.30. The van der Waals surface area contributed by atoms with E-state index in [1.165, 1.54) is 0 Å². The number of nitrogens with two attached hydrogens (primary N) is 2. The largest absolute Gasteiger partial charge is 0.726 e. The van der Waals surface area contributed by atoms with Crippen LogP contribution >= 0.6 is 43.2 Å². The number of aromatic nitrogens is 3. The average Bonchev–Trinajstić information content (AvgIpc) is 3.41. The number of nitrogens with zero attached hydrogens (tertiary/aromatic N) is 9. The van der Waals surface area contributed by atoms with Crippen LogP contribution in [0.25, 0.3) is 0 Å². The maximum atomic E-state index is 9.22. The summed E-state index contributed by atoms with van der Waals surface area (Å²) in [6.07, 6.45) is 11.7. The normalized spacial score (nSPS) is 11.1. The van der Waals surface area contributed by atoms with E-state index in [4.69, 9.17) is 16.2 Å². The topological polar surface area (TPSA) is 304 Å². The number of hydrogen-bond acceptors (Lipinski definition) is 23. The van der Waals surface area contributed by atoms with Gasteiger partial charge in [-0.05, 0) is 72.8 Å². The Kier molecular flexibility index (Phi) is 33.9. The highest BCUT2D eigenvalue weighted by atomic mass is 33.1. The lowest BCUT2D eigenvalue weighted by Gasteiger charge is -2.07. The van der Waals surface area contributed by atoms with Crippen LogP contribution in [0.15, 0.2) is 177 Å². The Morgan fingerprint density at radius 2 is 0.680 bits per heavy atom. The highest BCUT2D eigenvalue weighted by Gasteiger charge is 2.00. The van der Waals surface area contributed by atoms with Crippen LogP contribution in [-0.2, 0) is 50.3 Å². The van der Waals surface area contributed by atoms with Crippen LogP contribution in [0.5, 0.6) is 5.75 Å². The number of nitrogens with one attached hydrogen (secondary N) is 2. The number of ether oxygens (including phenoxy) is 1. The summed E-state index contributed by atoms with van der Waals surface area (Å²) in [4.78, 5) is 0. The zero-order valence-corrected chi connectivity index (χ0v) is 47.2. The molecular formula is C47H64N13O9S6+. The van der Waals surface area contributed by atoms with Gasteiger partial charge in [0.2, 0.25) is 20.8 Å². The third-order valence-electron chi connectivity index (χ3n) is 8.54. The molecule has 0 aliphatic heterocycles. The van der Waals surface area contributed by atoms with Gasteiger partial charge in [0.15, 0.2) is 37.2 Å². The van der Waals surface area contributed by atoms with Crippen LogP contribution in [-0.4, -0.2) is 96.5 Å². The van der Waals surface area contributed by atoms with Crippen LogP contribution in [0.3, 0.4) is 0 Å². The van der Waals surface area contributed by atoms with Crippen molar-refractivity contribution in [3.05, 3.63) is 146 Å². The van der Waals surface area contributed by atoms with Crippen LogP contribution in [0.1, 0.15) is 0 Å². The lowest BCUT2D eigenvalue weighted by Crippen LogP contribution is -2.25. The van der Waals surface area contributed by atoms with Gasteiger partial charge in [-0.1, -0.05) is 43.2 Å². The predicted octanol–water partition coefficient (Wildman–Crippen LogP) is 8.48. The van der Waals surface area contributed by atoms with E-state index in [2.05, 4.69) is 49.7 Å². The lowest BCUT2D eigenvalue weighted by atomic mass is 10.3. The quantitative estimate of drug-likeness (QED) is 0.0117. The molecule has 28 heteroatoms. The van der Waals surface area contributed by atoms with Gasteiger partial charge in [-0.15, -0.1) is 0 Å². The molecule has 3 heterocycles. The van der Waals surface area contributed by atoms with Crippen molar-refractivity contribution in [1.29, 1.82) is 0 Å². The highest BCUT2D eigenvalue weighted by molar-refractivity contribution is 8.77. The van der Waals surface area contributed by atoms with Gasteiger partial charge in [0.05, 0.1) is 55.5 Å². The third kappa shape index (κ3) is 34.5.